The second-order valence-electron chi connectivity index (χ2n) is 6.08. The second kappa shape index (κ2) is 9.37. The Morgan fingerprint density at radius 3 is 2.68 bits per heavy atom. The van der Waals surface area contributed by atoms with E-state index in [1.165, 1.54) is 29.5 Å². The van der Waals surface area contributed by atoms with E-state index in [2.05, 4.69) is 41.2 Å². The van der Waals surface area contributed by atoms with Gasteiger partial charge in [0.05, 0.1) is 13.5 Å². The lowest BCUT2D eigenvalue weighted by molar-refractivity contribution is -0.140. The summed E-state index contributed by atoms with van der Waals surface area (Å²) in [6.07, 6.45) is 2.98. The van der Waals surface area contributed by atoms with Crippen molar-refractivity contribution in [2.75, 3.05) is 26.7 Å². The molecule has 0 spiro atoms. The molecular formula is C20H28N2O3. The Balaban J connectivity index is 0.000000217. The summed E-state index contributed by atoms with van der Waals surface area (Å²) in [5.41, 5.74) is 5.39. The molecule has 136 valence electrons. The molecule has 5 nitrogen and oxygen atoms in total. The number of methoxy groups -OCH3 is 1. The largest absolute Gasteiger partial charge is 0.469 e. The zero-order chi connectivity index (χ0) is 18.2. The van der Waals surface area contributed by atoms with Crippen LogP contribution in [-0.2, 0) is 20.7 Å². The van der Waals surface area contributed by atoms with E-state index in [1.54, 1.807) is 0 Å². The van der Waals surface area contributed by atoms with Crippen LogP contribution in [-0.4, -0.2) is 43.5 Å². The fraction of sp³-hybridized carbons (Fsp3) is 0.500. The first-order valence-corrected chi connectivity index (χ1v) is 9.00. The van der Waals surface area contributed by atoms with Crippen LogP contribution < -0.4 is 5.32 Å². The molecular weight excluding hydrogens is 316 g/mol. The zero-order valence-electron chi connectivity index (χ0n) is 15.4. The molecule has 3 rings (SSSR count). The first-order valence-electron chi connectivity index (χ1n) is 9.00. The molecule has 25 heavy (non-hydrogen) atoms. The molecule has 0 saturated heterocycles. The van der Waals surface area contributed by atoms with Crippen molar-refractivity contribution in [3.63, 3.8) is 0 Å². The fourth-order valence-corrected chi connectivity index (χ4v) is 3.30. The van der Waals surface area contributed by atoms with Crippen LogP contribution in [0.3, 0.4) is 0 Å². The van der Waals surface area contributed by atoms with Crippen molar-refractivity contribution in [2.45, 2.75) is 39.5 Å². The minimum Gasteiger partial charge on any atom is -0.469 e. The van der Waals surface area contributed by atoms with E-state index in [0.29, 0.717) is 19.4 Å². The van der Waals surface area contributed by atoms with Crippen molar-refractivity contribution in [1.82, 2.24) is 10.2 Å². The topological polar surface area (TPSA) is 58.6 Å². The number of carbonyl (C=O) groups is 2. The molecule has 1 aromatic carbocycles. The summed E-state index contributed by atoms with van der Waals surface area (Å²) in [6, 6.07) is 8.52. The van der Waals surface area contributed by atoms with Gasteiger partial charge in [0.15, 0.2) is 0 Å². The van der Waals surface area contributed by atoms with Gasteiger partial charge >= 0.3 is 5.97 Å². The first kappa shape index (κ1) is 19.2. The molecule has 0 aromatic heterocycles. The molecule has 0 atom stereocenters. The summed E-state index contributed by atoms with van der Waals surface area (Å²) < 4.78 is 4.42. The number of amides is 1. The number of hydrogen-bond acceptors (Lipinski definition) is 4. The van der Waals surface area contributed by atoms with E-state index in [4.69, 9.17) is 0 Å². The predicted molar refractivity (Wildman–Crippen MR) is 98.9 cm³/mol. The van der Waals surface area contributed by atoms with Crippen molar-refractivity contribution in [3.05, 3.63) is 41.1 Å². The summed E-state index contributed by atoms with van der Waals surface area (Å²) in [5.74, 6) is 0.130. The summed E-state index contributed by atoms with van der Waals surface area (Å²) >= 11 is 0. The van der Waals surface area contributed by atoms with Crippen LogP contribution in [0.15, 0.2) is 30.0 Å². The SMILES string of the molecule is CCN1C(=O)CCC2=C1Cc1ccccc12.CCNCCC(=O)OC. The quantitative estimate of drug-likeness (QED) is 0.659. The number of hydrogen-bond donors (Lipinski definition) is 1. The minimum atomic E-state index is -0.157. The average Bonchev–Trinajstić information content (AvgIpc) is 3.00. The summed E-state index contributed by atoms with van der Waals surface area (Å²) in [5, 5.41) is 3.01. The number of likely N-dealkylation sites (N-methyl/N-ethyl adjacent to an activating group) is 1. The van der Waals surface area contributed by atoms with E-state index in [9.17, 15) is 9.59 Å². The van der Waals surface area contributed by atoms with Crippen LogP contribution in [0.2, 0.25) is 0 Å². The third kappa shape index (κ3) is 4.69. The lowest BCUT2D eigenvalue weighted by atomic mass is 9.99. The molecule has 1 aromatic rings. The Morgan fingerprint density at radius 2 is 2.00 bits per heavy atom. The molecule has 0 radical (unpaired) electrons. The van der Waals surface area contributed by atoms with Crippen LogP contribution in [0.5, 0.6) is 0 Å². The van der Waals surface area contributed by atoms with Crippen LogP contribution in [0.4, 0.5) is 0 Å². The lowest BCUT2D eigenvalue weighted by Gasteiger charge is -2.28. The molecule has 1 aliphatic heterocycles. The van der Waals surface area contributed by atoms with Gasteiger partial charge in [-0.05, 0) is 36.6 Å². The number of benzene rings is 1. The number of rotatable bonds is 5. The number of esters is 1. The molecule has 0 fully saturated rings. The lowest BCUT2D eigenvalue weighted by Crippen LogP contribution is -2.33. The highest BCUT2D eigenvalue weighted by atomic mass is 16.5. The second-order valence-corrected chi connectivity index (χ2v) is 6.08. The van der Waals surface area contributed by atoms with Crippen molar-refractivity contribution in [3.8, 4) is 0 Å². The van der Waals surface area contributed by atoms with Gasteiger partial charge in [-0.2, -0.15) is 0 Å². The molecule has 1 aliphatic carbocycles. The van der Waals surface area contributed by atoms with Gasteiger partial charge in [-0.15, -0.1) is 0 Å². The molecule has 2 aliphatic rings. The molecule has 0 bridgehead atoms. The number of nitrogens with zero attached hydrogens (tertiary/aromatic N) is 1. The Morgan fingerprint density at radius 1 is 1.24 bits per heavy atom. The third-order valence-corrected chi connectivity index (χ3v) is 4.56. The smallest absolute Gasteiger partial charge is 0.306 e. The highest BCUT2D eigenvalue weighted by Crippen LogP contribution is 2.40. The highest BCUT2D eigenvalue weighted by Gasteiger charge is 2.31. The summed E-state index contributed by atoms with van der Waals surface area (Å²) in [4.78, 5) is 24.2. The maximum Gasteiger partial charge on any atom is 0.306 e. The normalized spacial score (nSPS) is 15.3. The summed E-state index contributed by atoms with van der Waals surface area (Å²) in [6.45, 7) is 6.46. The van der Waals surface area contributed by atoms with Crippen LogP contribution in [0, 0.1) is 0 Å². The number of allylic oxidation sites excluding steroid dienone is 2. The fourth-order valence-electron chi connectivity index (χ4n) is 3.30. The molecule has 0 saturated carbocycles. The van der Waals surface area contributed by atoms with Gasteiger partial charge in [0, 0.05) is 31.6 Å². The number of nitrogens with one attached hydrogen (secondary N) is 1. The van der Waals surface area contributed by atoms with Crippen molar-refractivity contribution < 1.29 is 14.3 Å². The van der Waals surface area contributed by atoms with Gasteiger partial charge in [-0.3, -0.25) is 9.59 Å². The maximum absolute atomic E-state index is 11.8. The van der Waals surface area contributed by atoms with Gasteiger partial charge in [-0.1, -0.05) is 31.2 Å². The van der Waals surface area contributed by atoms with Gasteiger partial charge in [0.25, 0.3) is 0 Å². The Labute approximate surface area is 150 Å². The number of ether oxygens (including phenoxy) is 1. The van der Waals surface area contributed by atoms with Gasteiger partial charge in [0.2, 0.25) is 5.91 Å². The molecule has 5 heteroatoms. The van der Waals surface area contributed by atoms with Gasteiger partial charge in [0.1, 0.15) is 0 Å². The molecule has 1 amide bonds. The van der Waals surface area contributed by atoms with Gasteiger partial charge < -0.3 is 15.0 Å². The average molecular weight is 344 g/mol. The summed E-state index contributed by atoms with van der Waals surface area (Å²) in [7, 11) is 1.40. The monoisotopic (exact) mass is 344 g/mol. The minimum absolute atomic E-state index is 0.157. The molecule has 1 N–H and O–H groups in total. The van der Waals surface area contributed by atoms with Crippen molar-refractivity contribution >= 4 is 17.4 Å². The van der Waals surface area contributed by atoms with Gasteiger partial charge in [-0.25, -0.2) is 0 Å². The third-order valence-electron chi connectivity index (χ3n) is 4.56. The van der Waals surface area contributed by atoms with E-state index in [-0.39, 0.29) is 11.9 Å². The molecule has 0 unspecified atom stereocenters. The molecule has 1 heterocycles. The van der Waals surface area contributed by atoms with E-state index in [0.717, 1.165) is 25.9 Å². The standard InChI is InChI=1S/C14H15NO.C6H13NO2/c1-2-15-13-9-10-5-3-4-6-11(10)12(13)7-8-14(15)16;1-3-7-5-4-6(8)9-2/h3-6H,2,7-9H2,1H3;7H,3-5H2,1-2H3. The highest BCUT2D eigenvalue weighted by molar-refractivity contribution is 5.89. The Hall–Kier alpha value is -2.14. The van der Waals surface area contributed by atoms with Crippen LogP contribution in [0.1, 0.15) is 44.2 Å². The number of carbonyl (C=O) groups excluding carboxylic acids is 2. The van der Waals surface area contributed by atoms with E-state index < -0.39 is 0 Å². The van der Waals surface area contributed by atoms with Crippen molar-refractivity contribution in [2.24, 2.45) is 0 Å². The van der Waals surface area contributed by atoms with Crippen LogP contribution in [0.25, 0.3) is 5.57 Å². The first-order chi connectivity index (χ1) is 12.1. The van der Waals surface area contributed by atoms with Crippen molar-refractivity contribution in [1.29, 1.82) is 0 Å². The zero-order valence-corrected chi connectivity index (χ0v) is 15.4. The maximum atomic E-state index is 11.8. The Kier molecular flexibility index (Phi) is 7.19. The Bertz CT molecular complexity index is 652. The number of fused-ring (bicyclic) bond motifs is 2. The van der Waals surface area contributed by atoms with E-state index in [1.807, 2.05) is 11.8 Å². The van der Waals surface area contributed by atoms with Crippen LogP contribution >= 0.6 is 0 Å². The predicted octanol–water partition coefficient (Wildman–Crippen LogP) is 2.76. The van der Waals surface area contributed by atoms with E-state index >= 15 is 0 Å².